The summed E-state index contributed by atoms with van der Waals surface area (Å²) in [5.74, 6) is 1.28. The summed E-state index contributed by atoms with van der Waals surface area (Å²) in [6.07, 6.45) is -0.951. The van der Waals surface area contributed by atoms with Gasteiger partial charge in [-0.2, -0.15) is 4.98 Å². The van der Waals surface area contributed by atoms with Crippen LogP contribution in [-0.2, 0) is 13.6 Å². The Balaban J connectivity index is 1.78. The predicted octanol–water partition coefficient (Wildman–Crippen LogP) is -0.546. The van der Waals surface area contributed by atoms with Crippen LogP contribution in [0.4, 0.5) is 5.95 Å². The van der Waals surface area contributed by atoms with E-state index in [1.807, 2.05) is 0 Å². The standard InChI is InChI=1S/C16H19N5O5/c1-20-13-12(14(23)19-16(20)24)21(15(17)18-13)7-9(22)8-26-11-5-3-10(25-2)4-6-11/h3-6,9,22H,7-8H2,1-2H3,(H2,17,18)(H,19,23,24)/t9-/m1/s1. The summed E-state index contributed by atoms with van der Waals surface area (Å²) in [6.45, 7) is -0.0329. The second-order valence-corrected chi connectivity index (χ2v) is 5.71. The number of aromatic nitrogens is 4. The van der Waals surface area contributed by atoms with Crippen molar-refractivity contribution in [2.45, 2.75) is 12.6 Å². The van der Waals surface area contributed by atoms with Crippen LogP contribution in [0.1, 0.15) is 0 Å². The molecule has 3 rings (SSSR count). The Morgan fingerprint density at radius 3 is 2.58 bits per heavy atom. The first-order valence-electron chi connectivity index (χ1n) is 7.80. The molecule has 4 N–H and O–H groups in total. The van der Waals surface area contributed by atoms with Crippen LogP contribution in [-0.4, -0.2) is 44.0 Å². The van der Waals surface area contributed by atoms with E-state index in [1.165, 1.54) is 16.2 Å². The van der Waals surface area contributed by atoms with E-state index < -0.39 is 17.4 Å². The van der Waals surface area contributed by atoms with Gasteiger partial charge in [-0.3, -0.25) is 14.3 Å². The third-order valence-electron chi connectivity index (χ3n) is 3.93. The van der Waals surface area contributed by atoms with Crippen LogP contribution in [0.2, 0.25) is 0 Å². The molecule has 0 saturated heterocycles. The number of H-pyrrole nitrogens is 1. The maximum absolute atomic E-state index is 12.1. The smallest absolute Gasteiger partial charge is 0.329 e. The number of methoxy groups -OCH3 is 1. The zero-order valence-corrected chi connectivity index (χ0v) is 14.3. The second-order valence-electron chi connectivity index (χ2n) is 5.71. The Morgan fingerprint density at radius 1 is 1.27 bits per heavy atom. The monoisotopic (exact) mass is 361 g/mol. The van der Waals surface area contributed by atoms with E-state index in [9.17, 15) is 14.7 Å². The fraction of sp³-hybridized carbons (Fsp3) is 0.312. The highest BCUT2D eigenvalue weighted by atomic mass is 16.5. The minimum Gasteiger partial charge on any atom is -0.497 e. The largest absolute Gasteiger partial charge is 0.497 e. The van der Waals surface area contributed by atoms with Gasteiger partial charge in [0.25, 0.3) is 5.56 Å². The first-order valence-corrected chi connectivity index (χ1v) is 7.80. The first-order chi connectivity index (χ1) is 12.4. The van der Waals surface area contributed by atoms with Gasteiger partial charge in [-0.05, 0) is 24.3 Å². The molecular weight excluding hydrogens is 342 g/mol. The fourth-order valence-electron chi connectivity index (χ4n) is 2.56. The van der Waals surface area contributed by atoms with Crippen molar-refractivity contribution in [3.63, 3.8) is 0 Å². The number of aliphatic hydroxyl groups is 1. The number of rotatable bonds is 6. The minimum atomic E-state index is -0.951. The van der Waals surface area contributed by atoms with Crippen molar-refractivity contribution >= 4 is 17.1 Å². The van der Waals surface area contributed by atoms with Gasteiger partial charge in [0.1, 0.15) is 24.2 Å². The van der Waals surface area contributed by atoms with Crippen LogP contribution in [0, 0.1) is 0 Å². The number of hydrogen-bond donors (Lipinski definition) is 3. The molecule has 1 aromatic carbocycles. The zero-order valence-electron chi connectivity index (χ0n) is 14.3. The summed E-state index contributed by atoms with van der Waals surface area (Å²) in [5.41, 5.74) is 4.91. The third-order valence-corrected chi connectivity index (χ3v) is 3.93. The molecule has 0 bridgehead atoms. The molecule has 138 valence electrons. The number of aromatic amines is 1. The maximum atomic E-state index is 12.1. The highest BCUT2D eigenvalue weighted by Gasteiger charge is 2.18. The molecule has 10 nitrogen and oxygen atoms in total. The number of ether oxygens (including phenoxy) is 2. The number of aryl methyl sites for hydroxylation is 1. The molecule has 0 unspecified atom stereocenters. The average molecular weight is 361 g/mol. The molecule has 0 aliphatic carbocycles. The first kappa shape index (κ1) is 17.5. The SMILES string of the molecule is COc1ccc(OC[C@H](O)Cn2c(N)nc3c2c(=O)[nH]c(=O)n3C)cc1. The Kier molecular flexibility index (Phi) is 4.67. The number of imidazole rings is 1. The topological polar surface area (TPSA) is 137 Å². The van der Waals surface area contributed by atoms with Gasteiger partial charge in [0.2, 0.25) is 5.95 Å². The van der Waals surface area contributed by atoms with Crippen LogP contribution in [0.5, 0.6) is 11.5 Å². The van der Waals surface area contributed by atoms with Gasteiger partial charge in [0, 0.05) is 7.05 Å². The molecule has 0 saturated carbocycles. The fourth-order valence-corrected chi connectivity index (χ4v) is 2.56. The van der Waals surface area contributed by atoms with Gasteiger partial charge >= 0.3 is 5.69 Å². The molecule has 0 spiro atoms. The van der Waals surface area contributed by atoms with E-state index in [1.54, 1.807) is 31.4 Å². The van der Waals surface area contributed by atoms with E-state index in [-0.39, 0.29) is 30.3 Å². The van der Waals surface area contributed by atoms with E-state index in [2.05, 4.69) is 9.97 Å². The number of nitrogens with two attached hydrogens (primary N) is 1. The van der Waals surface area contributed by atoms with Crippen LogP contribution >= 0.6 is 0 Å². The molecule has 0 aliphatic heterocycles. The van der Waals surface area contributed by atoms with Crippen molar-refractivity contribution < 1.29 is 14.6 Å². The highest BCUT2D eigenvalue weighted by Crippen LogP contribution is 2.18. The highest BCUT2D eigenvalue weighted by molar-refractivity contribution is 5.73. The van der Waals surface area contributed by atoms with Crippen LogP contribution < -0.4 is 26.5 Å². The number of benzene rings is 1. The van der Waals surface area contributed by atoms with Crippen molar-refractivity contribution in [1.82, 2.24) is 19.1 Å². The van der Waals surface area contributed by atoms with E-state index >= 15 is 0 Å². The summed E-state index contributed by atoms with van der Waals surface area (Å²) >= 11 is 0. The van der Waals surface area contributed by atoms with Crippen LogP contribution in [0.15, 0.2) is 33.9 Å². The molecule has 0 aliphatic rings. The van der Waals surface area contributed by atoms with Crippen molar-refractivity contribution in [3.05, 3.63) is 45.1 Å². The lowest BCUT2D eigenvalue weighted by Crippen LogP contribution is -2.30. The van der Waals surface area contributed by atoms with Crippen LogP contribution in [0.3, 0.4) is 0 Å². The third kappa shape index (κ3) is 3.26. The summed E-state index contributed by atoms with van der Waals surface area (Å²) in [6, 6.07) is 6.91. The maximum Gasteiger partial charge on any atom is 0.329 e. The number of nitrogens with zero attached hydrogens (tertiary/aromatic N) is 3. The van der Waals surface area contributed by atoms with Gasteiger partial charge in [-0.1, -0.05) is 0 Å². The zero-order chi connectivity index (χ0) is 18.8. The van der Waals surface area contributed by atoms with Crippen molar-refractivity contribution in [2.75, 3.05) is 19.5 Å². The lowest BCUT2D eigenvalue weighted by molar-refractivity contribution is 0.0938. The number of aliphatic hydroxyl groups excluding tert-OH is 1. The van der Waals surface area contributed by atoms with Crippen molar-refractivity contribution in [3.8, 4) is 11.5 Å². The molecule has 0 amide bonds. The van der Waals surface area contributed by atoms with E-state index in [0.717, 1.165) is 0 Å². The average Bonchev–Trinajstić information content (AvgIpc) is 2.95. The molecule has 2 aromatic heterocycles. The van der Waals surface area contributed by atoms with Gasteiger partial charge < -0.3 is 24.9 Å². The minimum absolute atomic E-state index is 0.0141. The molecule has 0 fully saturated rings. The number of hydrogen-bond acceptors (Lipinski definition) is 7. The van der Waals surface area contributed by atoms with Crippen molar-refractivity contribution in [1.29, 1.82) is 0 Å². The Morgan fingerprint density at radius 2 is 1.92 bits per heavy atom. The Bertz CT molecular complexity index is 1030. The second kappa shape index (κ2) is 6.92. The van der Waals surface area contributed by atoms with Crippen LogP contribution in [0.25, 0.3) is 11.2 Å². The van der Waals surface area contributed by atoms with Gasteiger partial charge in [0.05, 0.1) is 13.7 Å². The molecule has 10 heteroatoms. The lowest BCUT2D eigenvalue weighted by Gasteiger charge is -2.14. The Labute approximate surface area is 147 Å². The molecule has 1 atom stereocenters. The van der Waals surface area contributed by atoms with Gasteiger partial charge in [0.15, 0.2) is 11.2 Å². The van der Waals surface area contributed by atoms with Crippen molar-refractivity contribution in [2.24, 2.45) is 7.05 Å². The number of nitrogens with one attached hydrogen (secondary N) is 1. The molecule has 0 radical (unpaired) electrons. The molecule has 3 aromatic rings. The number of anilines is 1. The summed E-state index contributed by atoms with van der Waals surface area (Å²) in [5, 5.41) is 10.2. The van der Waals surface area contributed by atoms with Gasteiger partial charge in [-0.15, -0.1) is 0 Å². The van der Waals surface area contributed by atoms with E-state index in [0.29, 0.717) is 11.5 Å². The number of nitrogen functional groups attached to an aromatic ring is 1. The molecule has 26 heavy (non-hydrogen) atoms. The lowest BCUT2D eigenvalue weighted by atomic mass is 10.3. The predicted molar refractivity (Wildman–Crippen MR) is 94.5 cm³/mol. The normalized spacial score (nSPS) is 12.3. The quantitative estimate of drug-likeness (QED) is 0.536. The molecular formula is C16H19N5O5. The summed E-state index contributed by atoms with van der Waals surface area (Å²) in [7, 11) is 3.04. The summed E-state index contributed by atoms with van der Waals surface area (Å²) in [4.78, 5) is 30.0. The van der Waals surface area contributed by atoms with Gasteiger partial charge in [-0.25, -0.2) is 4.79 Å². The molecule has 2 heterocycles. The number of fused-ring (bicyclic) bond motifs is 1. The Hall–Kier alpha value is -3.27. The van der Waals surface area contributed by atoms with E-state index in [4.69, 9.17) is 15.2 Å². The summed E-state index contributed by atoms with van der Waals surface area (Å²) < 4.78 is 13.1.